The van der Waals surface area contributed by atoms with Crippen LogP contribution in [-0.4, -0.2) is 36.2 Å². The molecular weight excluding hydrogens is 393 g/mol. The first kappa shape index (κ1) is 21.1. The summed E-state index contributed by atoms with van der Waals surface area (Å²) >= 11 is 0. The van der Waals surface area contributed by atoms with Crippen molar-refractivity contribution in [2.24, 2.45) is 10.9 Å². The monoisotopic (exact) mass is 423 g/mol. The van der Waals surface area contributed by atoms with Crippen molar-refractivity contribution in [1.29, 1.82) is 0 Å². The van der Waals surface area contributed by atoms with E-state index >= 15 is 0 Å². The fourth-order valence-corrected chi connectivity index (χ4v) is 2.13. The highest BCUT2D eigenvalue weighted by atomic mass is 127. The summed E-state index contributed by atoms with van der Waals surface area (Å²) in [6, 6.07) is 0. The van der Waals surface area contributed by atoms with Crippen molar-refractivity contribution in [3.63, 3.8) is 0 Å². The van der Waals surface area contributed by atoms with Crippen molar-refractivity contribution in [3.8, 4) is 0 Å². The van der Waals surface area contributed by atoms with Crippen LogP contribution in [0.25, 0.3) is 0 Å². The molecule has 0 aromatic carbocycles. The second-order valence-corrected chi connectivity index (χ2v) is 5.28. The standard InChI is InChI=1S/C15H29N5O.HI/c1-5-7-8-13(6-2)11-18-15(16-4)17-10-9-14-19-12(3)20-21-14;/h13H,5-11H2,1-4H3,(H2,16,17,18);1H. The number of aryl methyl sites for hydroxylation is 1. The predicted molar refractivity (Wildman–Crippen MR) is 101 cm³/mol. The fraction of sp³-hybridized carbons (Fsp3) is 0.800. The third-order valence-electron chi connectivity index (χ3n) is 3.53. The van der Waals surface area contributed by atoms with Crippen LogP contribution >= 0.6 is 24.0 Å². The van der Waals surface area contributed by atoms with E-state index in [-0.39, 0.29) is 24.0 Å². The molecule has 0 radical (unpaired) electrons. The Hall–Kier alpha value is -0.860. The minimum Gasteiger partial charge on any atom is -0.356 e. The van der Waals surface area contributed by atoms with Gasteiger partial charge in [0.25, 0.3) is 0 Å². The molecule has 1 heterocycles. The topological polar surface area (TPSA) is 75.3 Å². The smallest absolute Gasteiger partial charge is 0.228 e. The molecule has 6 nitrogen and oxygen atoms in total. The van der Waals surface area contributed by atoms with Crippen molar-refractivity contribution >= 4 is 29.9 Å². The van der Waals surface area contributed by atoms with E-state index in [0.29, 0.717) is 24.1 Å². The van der Waals surface area contributed by atoms with Gasteiger partial charge in [0.15, 0.2) is 11.8 Å². The molecule has 128 valence electrons. The molecule has 0 spiro atoms. The molecule has 0 aliphatic heterocycles. The third kappa shape index (κ3) is 8.55. The highest BCUT2D eigenvalue weighted by Crippen LogP contribution is 2.10. The van der Waals surface area contributed by atoms with Crippen LogP contribution in [0.15, 0.2) is 9.52 Å². The zero-order chi connectivity index (χ0) is 15.5. The molecule has 1 aromatic rings. The number of nitrogens with one attached hydrogen (secondary N) is 2. The zero-order valence-corrected chi connectivity index (χ0v) is 16.5. The number of unbranched alkanes of at least 4 members (excludes halogenated alkanes) is 1. The van der Waals surface area contributed by atoms with Crippen molar-refractivity contribution < 1.29 is 4.52 Å². The van der Waals surface area contributed by atoms with E-state index in [2.05, 4.69) is 39.6 Å². The van der Waals surface area contributed by atoms with Crippen LogP contribution < -0.4 is 10.6 Å². The van der Waals surface area contributed by atoms with Gasteiger partial charge in [0.05, 0.1) is 0 Å². The lowest BCUT2D eigenvalue weighted by Crippen LogP contribution is -2.40. The van der Waals surface area contributed by atoms with Gasteiger partial charge < -0.3 is 15.2 Å². The van der Waals surface area contributed by atoms with E-state index in [1.54, 1.807) is 7.05 Å². The van der Waals surface area contributed by atoms with Crippen LogP contribution in [-0.2, 0) is 6.42 Å². The summed E-state index contributed by atoms with van der Waals surface area (Å²) in [5.41, 5.74) is 0. The second kappa shape index (κ2) is 12.7. The average molecular weight is 423 g/mol. The van der Waals surface area contributed by atoms with Gasteiger partial charge in [0, 0.05) is 26.6 Å². The molecule has 0 bridgehead atoms. The average Bonchev–Trinajstić information content (AvgIpc) is 2.91. The summed E-state index contributed by atoms with van der Waals surface area (Å²) in [5, 5.41) is 10.4. The van der Waals surface area contributed by atoms with Crippen LogP contribution in [0.4, 0.5) is 0 Å². The van der Waals surface area contributed by atoms with E-state index in [1.165, 1.54) is 25.7 Å². The Labute approximate surface area is 150 Å². The first-order chi connectivity index (χ1) is 10.2. The number of nitrogens with zero attached hydrogens (tertiary/aromatic N) is 3. The first-order valence-electron chi connectivity index (χ1n) is 7.93. The van der Waals surface area contributed by atoms with Crippen LogP contribution in [0, 0.1) is 12.8 Å². The minimum absolute atomic E-state index is 0. The lowest BCUT2D eigenvalue weighted by Gasteiger charge is -2.17. The summed E-state index contributed by atoms with van der Waals surface area (Å²) in [5.74, 6) is 2.88. The highest BCUT2D eigenvalue weighted by molar-refractivity contribution is 14.0. The van der Waals surface area contributed by atoms with Gasteiger partial charge in [-0.3, -0.25) is 4.99 Å². The van der Waals surface area contributed by atoms with E-state index in [0.717, 1.165) is 19.0 Å². The molecule has 0 aliphatic rings. The van der Waals surface area contributed by atoms with Crippen LogP contribution in [0.5, 0.6) is 0 Å². The summed E-state index contributed by atoms with van der Waals surface area (Å²) in [6.07, 6.45) is 5.73. The Balaban J connectivity index is 0.00000441. The van der Waals surface area contributed by atoms with E-state index in [9.17, 15) is 0 Å². The van der Waals surface area contributed by atoms with E-state index in [4.69, 9.17) is 4.52 Å². The number of aliphatic imine (C=N–C) groups is 1. The Morgan fingerprint density at radius 1 is 1.32 bits per heavy atom. The number of aromatic nitrogens is 2. The number of guanidine groups is 1. The van der Waals surface area contributed by atoms with Crippen molar-refractivity contribution in [2.75, 3.05) is 20.1 Å². The predicted octanol–water partition coefficient (Wildman–Crippen LogP) is 2.92. The lowest BCUT2D eigenvalue weighted by molar-refractivity contribution is 0.374. The summed E-state index contributed by atoms with van der Waals surface area (Å²) in [7, 11) is 1.79. The van der Waals surface area contributed by atoms with Gasteiger partial charge in [0.2, 0.25) is 5.89 Å². The van der Waals surface area contributed by atoms with Crippen molar-refractivity contribution in [3.05, 3.63) is 11.7 Å². The van der Waals surface area contributed by atoms with Gasteiger partial charge in [-0.1, -0.05) is 38.3 Å². The SMILES string of the molecule is CCCCC(CC)CNC(=NC)NCCc1nc(C)no1.I. The Kier molecular flexibility index (Phi) is 12.2. The van der Waals surface area contributed by atoms with Crippen LogP contribution in [0.2, 0.25) is 0 Å². The maximum atomic E-state index is 5.08. The lowest BCUT2D eigenvalue weighted by atomic mass is 9.99. The summed E-state index contributed by atoms with van der Waals surface area (Å²) < 4.78 is 5.08. The van der Waals surface area contributed by atoms with Gasteiger partial charge in [-0.2, -0.15) is 4.98 Å². The quantitative estimate of drug-likeness (QED) is 0.363. The van der Waals surface area contributed by atoms with Crippen LogP contribution in [0.1, 0.15) is 51.2 Å². The van der Waals surface area contributed by atoms with E-state index in [1.807, 2.05) is 6.92 Å². The minimum atomic E-state index is 0. The second-order valence-electron chi connectivity index (χ2n) is 5.28. The molecule has 22 heavy (non-hydrogen) atoms. The van der Waals surface area contributed by atoms with Gasteiger partial charge in [0.1, 0.15) is 0 Å². The van der Waals surface area contributed by atoms with Gasteiger partial charge in [-0.05, 0) is 19.3 Å². The third-order valence-corrected chi connectivity index (χ3v) is 3.53. The molecule has 7 heteroatoms. The Morgan fingerprint density at radius 3 is 2.64 bits per heavy atom. The molecule has 0 saturated heterocycles. The van der Waals surface area contributed by atoms with Gasteiger partial charge in [-0.15, -0.1) is 24.0 Å². The first-order valence-corrected chi connectivity index (χ1v) is 7.93. The molecule has 1 unspecified atom stereocenters. The summed E-state index contributed by atoms with van der Waals surface area (Å²) in [4.78, 5) is 8.42. The van der Waals surface area contributed by atoms with Crippen molar-refractivity contribution in [2.45, 2.75) is 52.9 Å². The zero-order valence-electron chi connectivity index (χ0n) is 14.2. The maximum Gasteiger partial charge on any atom is 0.228 e. The highest BCUT2D eigenvalue weighted by Gasteiger charge is 2.07. The normalized spacial score (nSPS) is 12.6. The van der Waals surface area contributed by atoms with Gasteiger partial charge in [-0.25, -0.2) is 0 Å². The number of hydrogen-bond donors (Lipinski definition) is 2. The maximum absolute atomic E-state index is 5.08. The molecule has 0 amide bonds. The Morgan fingerprint density at radius 2 is 2.09 bits per heavy atom. The molecule has 0 aliphatic carbocycles. The number of halogens is 1. The van der Waals surface area contributed by atoms with Gasteiger partial charge >= 0.3 is 0 Å². The molecule has 1 aromatic heterocycles. The molecule has 0 saturated carbocycles. The molecule has 1 atom stereocenters. The number of hydrogen-bond acceptors (Lipinski definition) is 4. The largest absolute Gasteiger partial charge is 0.356 e. The fourth-order valence-electron chi connectivity index (χ4n) is 2.13. The molecule has 0 fully saturated rings. The summed E-state index contributed by atoms with van der Waals surface area (Å²) in [6.45, 7) is 8.00. The molecule has 2 N–H and O–H groups in total. The number of rotatable bonds is 9. The molecular formula is C15H30IN5O. The van der Waals surface area contributed by atoms with Crippen molar-refractivity contribution in [1.82, 2.24) is 20.8 Å². The Bertz CT molecular complexity index is 422. The molecule has 1 rings (SSSR count). The van der Waals surface area contributed by atoms with E-state index < -0.39 is 0 Å². The van der Waals surface area contributed by atoms with Crippen LogP contribution in [0.3, 0.4) is 0 Å².